The SMILES string of the molecule is NC=CCc1ccccc1C=NO. The molecule has 0 aliphatic heterocycles. The van der Waals surface area contributed by atoms with Crippen LogP contribution >= 0.6 is 0 Å². The fourth-order valence-electron chi connectivity index (χ4n) is 1.10. The molecule has 0 atom stereocenters. The molecule has 68 valence electrons. The molecule has 1 aromatic carbocycles. The summed E-state index contributed by atoms with van der Waals surface area (Å²) < 4.78 is 0. The van der Waals surface area contributed by atoms with E-state index < -0.39 is 0 Å². The molecule has 0 saturated heterocycles. The third kappa shape index (κ3) is 2.63. The highest BCUT2D eigenvalue weighted by Gasteiger charge is 1.95. The van der Waals surface area contributed by atoms with Crippen molar-refractivity contribution in [2.75, 3.05) is 0 Å². The summed E-state index contributed by atoms with van der Waals surface area (Å²) in [4.78, 5) is 0. The monoisotopic (exact) mass is 176 g/mol. The van der Waals surface area contributed by atoms with Gasteiger partial charge in [-0.05, 0) is 23.7 Å². The van der Waals surface area contributed by atoms with Crippen LogP contribution in [0.25, 0.3) is 0 Å². The molecule has 0 aromatic heterocycles. The first-order chi connectivity index (χ1) is 6.38. The minimum atomic E-state index is 0.749. The number of hydrogen-bond acceptors (Lipinski definition) is 3. The van der Waals surface area contributed by atoms with E-state index in [-0.39, 0.29) is 0 Å². The Balaban J connectivity index is 2.90. The molecule has 0 radical (unpaired) electrons. The Bertz CT molecular complexity index is 318. The summed E-state index contributed by atoms with van der Waals surface area (Å²) in [6, 6.07) is 7.69. The third-order valence-corrected chi connectivity index (χ3v) is 1.73. The van der Waals surface area contributed by atoms with Gasteiger partial charge in [-0.2, -0.15) is 0 Å². The Morgan fingerprint density at radius 2 is 2.15 bits per heavy atom. The van der Waals surface area contributed by atoms with Gasteiger partial charge in [0, 0.05) is 0 Å². The normalized spacial score (nSPS) is 11.4. The summed E-state index contributed by atoms with van der Waals surface area (Å²) in [5.41, 5.74) is 7.23. The van der Waals surface area contributed by atoms with Crippen molar-refractivity contribution in [3.8, 4) is 0 Å². The van der Waals surface area contributed by atoms with Gasteiger partial charge in [-0.1, -0.05) is 35.5 Å². The average Bonchev–Trinajstić information content (AvgIpc) is 2.17. The van der Waals surface area contributed by atoms with Crippen molar-refractivity contribution in [3.63, 3.8) is 0 Å². The van der Waals surface area contributed by atoms with E-state index >= 15 is 0 Å². The molecule has 0 aliphatic rings. The van der Waals surface area contributed by atoms with Gasteiger partial charge in [0.05, 0.1) is 6.21 Å². The van der Waals surface area contributed by atoms with E-state index in [2.05, 4.69) is 5.16 Å². The number of hydrogen-bond donors (Lipinski definition) is 2. The first kappa shape index (κ1) is 9.32. The number of allylic oxidation sites excluding steroid dienone is 1. The van der Waals surface area contributed by atoms with Crippen LogP contribution in [0, 0.1) is 0 Å². The molecule has 0 bridgehead atoms. The molecule has 0 amide bonds. The molecule has 13 heavy (non-hydrogen) atoms. The van der Waals surface area contributed by atoms with Crippen LogP contribution in [0.4, 0.5) is 0 Å². The summed E-state index contributed by atoms with van der Waals surface area (Å²) in [6.07, 6.45) is 5.52. The molecule has 0 unspecified atom stereocenters. The van der Waals surface area contributed by atoms with Crippen molar-refractivity contribution in [1.82, 2.24) is 0 Å². The van der Waals surface area contributed by atoms with E-state index in [0.29, 0.717) is 0 Å². The van der Waals surface area contributed by atoms with Gasteiger partial charge in [-0.3, -0.25) is 0 Å². The second-order valence-electron chi connectivity index (χ2n) is 2.58. The fraction of sp³-hybridized carbons (Fsp3) is 0.100. The number of nitrogens with zero attached hydrogens (tertiary/aromatic N) is 1. The molecule has 1 aromatic rings. The minimum Gasteiger partial charge on any atom is -0.411 e. The topological polar surface area (TPSA) is 58.6 Å². The van der Waals surface area contributed by atoms with Crippen molar-refractivity contribution in [2.24, 2.45) is 10.9 Å². The molecule has 3 heteroatoms. The molecule has 0 fully saturated rings. The quantitative estimate of drug-likeness (QED) is 0.416. The van der Waals surface area contributed by atoms with Crippen LogP contribution in [0.2, 0.25) is 0 Å². The molecule has 3 N–H and O–H groups in total. The van der Waals surface area contributed by atoms with Crippen LogP contribution < -0.4 is 5.73 Å². The van der Waals surface area contributed by atoms with E-state index in [0.717, 1.165) is 17.5 Å². The predicted octanol–water partition coefficient (Wildman–Crippen LogP) is 1.51. The first-order valence-corrected chi connectivity index (χ1v) is 4.00. The smallest absolute Gasteiger partial charge is 0.0736 e. The van der Waals surface area contributed by atoms with E-state index in [9.17, 15) is 0 Å². The maximum atomic E-state index is 8.40. The van der Waals surface area contributed by atoms with Crippen LogP contribution in [-0.2, 0) is 6.42 Å². The van der Waals surface area contributed by atoms with Crippen molar-refractivity contribution < 1.29 is 5.21 Å². The summed E-state index contributed by atoms with van der Waals surface area (Å²) >= 11 is 0. The predicted molar refractivity (Wildman–Crippen MR) is 52.9 cm³/mol. The summed E-state index contributed by atoms with van der Waals surface area (Å²) in [5.74, 6) is 0. The lowest BCUT2D eigenvalue weighted by Crippen LogP contribution is -1.91. The van der Waals surface area contributed by atoms with Crippen LogP contribution in [0.15, 0.2) is 41.7 Å². The molecule has 3 nitrogen and oxygen atoms in total. The summed E-state index contributed by atoms with van der Waals surface area (Å²) in [6.45, 7) is 0. The average molecular weight is 176 g/mol. The van der Waals surface area contributed by atoms with Crippen molar-refractivity contribution >= 4 is 6.21 Å². The largest absolute Gasteiger partial charge is 0.411 e. The lowest BCUT2D eigenvalue weighted by molar-refractivity contribution is 0.322. The Morgan fingerprint density at radius 3 is 2.85 bits per heavy atom. The lowest BCUT2D eigenvalue weighted by atomic mass is 10.1. The first-order valence-electron chi connectivity index (χ1n) is 4.00. The Kier molecular flexibility index (Phi) is 3.57. The van der Waals surface area contributed by atoms with Crippen LogP contribution in [0.5, 0.6) is 0 Å². The van der Waals surface area contributed by atoms with Crippen molar-refractivity contribution in [2.45, 2.75) is 6.42 Å². The van der Waals surface area contributed by atoms with Crippen LogP contribution in [0.1, 0.15) is 11.1 Å². The second-order valence-corrected chi connectivity index (χ2v) is 2.58. The highest BCUT2D eigenvalue weighted by Crippen LogP contribution is 2.07. The zero-order chi connectivity index (χ0) is 9.52. The van der Waals surface area contributed by atoms with E-state index in [1.165, 1.54) is 12.4 Å². The summed E-state index contributed by atoms with van der Waals surface area (Å²) in [5, 5.41) is 11.4. The molecule has 0 heterocycles. The molecular formula is C10H12N2O. The number of oxime groups is 1. The summed E-state index contributed by atoms with van der Waals surface area (Å²) in [7, 11) is 0. The zero-order valence-electron chi connectivity index (χ0n) is 7.22. The van der Waals surface area contributed by atoms with Gasteiger partial charge in [-0.25, -0.2) is 0 Å². The molecule has 0 spiro atoms. The second kappa shape index (κ2) is 4.98. The van der Waals surface area contributed by atoms with E-state index in [4.69, 9.17) is 10.9 Å². The van der Waals surface area contributed by atoms with E-state index in [1.807, 2.05) is 30.3 Å². The third-order valence-electron chi connectivity index (χ3n) is 1.73. The maximum absolute atomic E-state index is 8.40. The van der Waals surface area contributed by atoms with Crippen LogP contribution in [-0.4, -0.2) is 11.4 Å². The van der Waals surface area contributed by atoms with Gasteiger partial charge in [0.2, 0.25) is 0 Å². The highest BCUT2D eigenvalue weighted by atomic mass is 16.4. The van der Waals surface area contributed by atoms with E-state index in [1.54, 1.807) is 0 Å². The Labute approximate surface area is 77.2 Å². The number of rotatable bonds is 3. The van der Waals surface area contributed by atoms with Gasteiger partial charge in [-0.15, -0.1) is 0 Å². The Morgan fingerprint density at radius 1 is 1.38 bits per heavy atom. The molecular weight excluding hydrogens is 164 g/mol. The Hall–Kier alpha value is -1.77. The van der Waals surface area contributed by atoms with Gasteiger partial charge >= 0.3 is 0 Å². The molecule has 1 rings (SSSR count). The maximum Gasteiger partial charge on any atom is 0.0736 e. The van der Waals surface area contributed by atoms with Gasteiger partial charge < -0.3 is 10.9 Å². The molecule has 0 aliphatic carbocycles. The number of nitrogens with two attached hydrogens (primary N) is 1. The fourth-order valence-corrected chi connectivity index (χ4v) is 1.10. The zero-order valence-corrected chi connectivity index (χ0v) is 7.22. The molecule has 0 saturated carbocycles. The van der Waals surface area contributed by atoms with Gasteiger partial charge in [0.1, 0.15) is 0 Å². The van der Waals surface area contributed by atoms with Gasteiger partial charge in [0.25, 0.3) is 0 Å². The van der Waals surface area contributed by atoms with Crippen molar-refractivity contribution in [3.05, 3.63) is 47.7 Å². The standard InChI is InChI=1S/C10H12N2O/c11-7-3-6-9-4-1-2-5-10(9)8-12-13/h1-5,7-8,13H,6,11H2. The van der Waals surface area contributed by atoms with Crippen LogP contribution in [0.3, 0.4) is 0 Å². The minimum absolute atomic E-state index is 0.749. The lowest BCUT2D eigenvalue weighted by Gasteiger charge is -2.00. The highest BCUT2D eigenvalue weighted by molar-refractivity contribution is 5.81. The van der Waals surface area contributed by atoms with Crippen molar-refractivity contribution in [1.29, 1.82) is 0 Å². The van der Waals surface area contributed by atoms with Gasteiger partial charge in [0.15, 0.2) is 0 Å². The number of benzene rings is 1.